The van der Waals surface area contributed by atoms with Crippen LogP contribution in [0.3, 0.4) is 0 Å². The number of aromatic hydroxyl groups is 1. The van der Waals surface area contributed by atoms with Crippen molar-refractivity contribution in [1.29, 1.82) is 0 Å². The summed E-state index contributed by atoms with van der Waals surface area (Å²) in [6, 6.07) is 29.2. The van der Waals surface area contributed by atoms with Gasteiger partial charge in [0, 0.05) is 73.6 Å². The van der Waals surface area contributed by atoms with Gasteiger partial charge in [0.2, 0.25) is 11.8 Å². The second-order valence-corrected chi connectivity index (χ2v) is 14.1. The number of rotatable bonds is 9. The minimum absolute atomic E-state index is 0.0940. The van der Waals surface area contributed by atoms with E-state index in [2.05, 4.69) is 70.6 Å². The van der Waals surface area contributed by atoms with Gasteiger partial charge < -0.3 is 19.5 Å². The highest BCUT2D eigenvalue weighted by Gasteiger charge is 2.40. The third-order valence-electron chi connectivity index (χ3n) is 10.8. The van der Waals surface area contributed by atoms with Crippen LogP contribution in [0.4, 0.5) is 0 Å². The summed E-state index contributed by atoms with van der Waals surface area (Å²) in [5.41, 5.74) is 5.76. The van der Waals surface area contributed by atoms with Crippen molar-refractivity contribution >= 4 is 17.7 Å². The summed E-state index contributed by atoms with van der Waals surface area (Å²) in [6.45, 7) is 4.41. The molecular formula is C43H41N3O6. The fourth-order valence-corrected chi connectivity index (χ4v) is 8.04. The fraction of sp³-hybridized carbons (Fsp3) is 0.326. The molecule has 2 unspecified atom stereocenters. The Labute approximate surface area is 303 Å². The number of piperidine rings is 1. The number of hydrogen-bond donors (Lipinski definition) is 2. The van der Waals surface area contributed by atoms with Crippen molar-refractivity contribution in [2.45, 2.75) is 50.1 Å². The molecule has 4 heterocycles. The molecule has 2 saturated heterocycles. The van der Waals surface area contributed by atoms with Crippen LogP contribution in [-0.2, 0) is 16.1 Å². The van der Waals surface area contributed by atoms with E-state index >= 15 is 0 Å². The summed E-state index contributed by atoms with van der Waals surface area (Å²) in [4.78, 5) is 41.1. The van der Waals surface area contributed by atoms with Crippen LogP contribution in [0, 0.1) is 17.8 Å². The molecule has 0 bridgehead atoms. The van der Waals surface area contributed by atoms with Gasteiger partial charge in [0.25, 0.3) is 5.91 Å². The molecule has 0 aromatic heterocycles. The summed E-state index contributed by atoms with van der Waals surface area (Å²) >= 11 is 0. The van der Waals surface area contributed by atoms with Crippen molar-refractivity contribution in [3.8, 4) is 29.1 Å². The number of nitrogens with zero attached hydrogens (tertiary/aromatic N) is 2. The van der Waals surface area contributed by atoms with Crippen LogP contribution < -0.4 is 14.8 Å². The van der Waals surface area contributed by atoms with Crippen LogP contribution in [0.15, 0.2) is 91.0 Å². The Morgan fingerprint density at radius 3 is 2.56 bits per heavy atom. The molecule has 0 spiro atoms. The van der Waals surface area contributed by atoms with Crippen LogP contribution in [-0.4, -0.2) is 71.5 Å². The van der Waals surface area contributed by atoms with Crippen LogP contribution in [0.5, 0.6) is 17.2 Å². The average molecular weight is 696 g/mol. The lowest BCUT2D eigenvalue weighted by molar-refractivity contribution is -0.136. The van der Waals surface area contributed by atoms with Crippen LogP contribution in [0.2, 0.25) is 0 Å². The van der Waals surface area contributed by atoms with Gasteiger partial charge in [-0.25, -0.2) is 0 Å². The van der Waals surface area contributed by atoms with E-state index in [1.165, 1.54) is 11.1 Å². The molecule has 0 saturated carbocycles. The van der Waals surface area contributed by atoms with Crippen molar-refractivity contribution in [3.05, 3.63) is 124 Å². The van der Waals surface area contributed by atoms with Crippen molar-refractivity contribution < 1.29 is 29.0 Å². The number of phenolic OH excluding ortho intramolecular Hbond substituents is 1. The fourth-order valence-electron chi connectivity index (χ4n) is 8.04. The second kappa shape index (κ2) is 14.6. The van der Waals surface area contributed by atoms with Gasteiger partial charge in [-0.2, -0.15) is 0 Å². The number of likely N-dealkylation sites (tertiary alicyclic amines) is 1. The molecule has 4 aliphatic heterocycles. The van der Waals surface area contributed by atoms with Crippen LogP contribution in [0.25, 0.3) is 0 Å². The lowest BCUT2D eigenvalue weighted by Gasteiger charge is -2.39. The number of nitrogens with one attached hydrogen (secondary N) is 1. The summed E-state index contributed by atoms with van der Waals surface area (Å²) in [5, 5.41) is 12.4. The number of benzene rings is 4. The van der Waals surface area contributed by atoms with Crippen molar-refractivity contribution in [2.75, 3.05) is 32.8 Å². The third kappa shape index (κ3) is 6.87. The van der Waals surface area contributed by atoms with Gasteiger partial charge in [0.15, 0.2) is 0 Å². The number of hydrogen-bond acceptors (Lipinski definition) is 7. The highest BCUT2D eigenvalue weighted by atomic mass is 16.5. The zero-order valence-electron chi connectivity index (χ0n) is 28.9. The maximum atomic E-state index is 13.1. The third-order valence-corrected chi connectivity index (χ3v) is 10.8. The normalized spacial score (nSPS) is 21.3. The molecule has 2 fully saturated rings. The first-order valence-electron chi connectivity index (χ1n) is 18.1. The quantitative estimate of drug-likeness (QED) is 0.173. The second-order valence-electron chi connectivity index (χ2n) is 14.1. The number of carbonyl (C=O) groups excluding carboxylic acids is 3. The lowest BCUT2D eigenvalue weighted by atomic mass is 9.76. The maximum Gasteiger partial charge on any atom is 0.255 e. The van der Waals surface area contributed by atoms with E-state index in [1.807, 2.05) is 24.3 Å². The Balaban J connectivity index is 0.801. The average Bonchev–Trinajstić information content (AvgIpc) is 3.48. The van der Waals surface area contributed by atoms with Crippen LogP contribution >= 0.6 is 0 Å². The summed E-state index contributed by atoms with van der Waals surface area (Å²) < 4.78 is 12.3. The molecule has 2 N–H and O–H groups in total. The van der Waals surface area contributed by atoms with Crippen LogP contribution in [0.1, 0.15) is 75.7 Å². The Hall–Kier alpha value is -5.59. The molecule has 4 aromatic rings. The Bertz CT molecular complexity index is 2050. The first-order chi connectivity index (χ1) is 25.4. The topological polar surface area (TPSA) is 108 Å². The number of imide groups is 1. The molecule has 264 valence electrons. The Kier molecular flexibility index (Phi) is 9.40. The zero-order valence-corrected chi connectivity index (χ0v) is 28.9. The molecule has 3 amide bonds. The molecule has 0 radical (unpaired) electrons. The number of fused-ring (bicyclic) bond motifs is 2. The molecule has 0 aliphatic carbocycles. The Morgan fingerprint density at radius 1 is 0.923 bits per heavy atom. The molecule has 9 heteroatoms. The van der Waals surface area contributed by atoms with Gasteiger partial charge in [0.1, 0.15) is 29.9 Å². The van der Waals surface area contributed by atoms with Gasteiger partial charge in [-0.05, 0) is 65.8 Å². The van der Waals surface area contributed by atoms with Crippen molar-refractivity contribution in [2.24, 2.45) is 5.92 Å². The van der Waals surface area contributed by atoms with Gasteiger partial charge in [-0.15, -0.1) is 0 Å². The van der Waals surface area contributed by atoms with E-state index in [0.717, 1.165) is 60.7 Å². The monoisotopic (exact) mass is 695 g/mol. The molecule has 8 rings (SSSR count). The molecule has 3 atom stereocenters. The summed E-state index contributed by atoms with van der Waals surface area (Å²) in [6.07, 6.45) is 2.38. The number of ether oxygens (including phenoxy) is 2. The van der Waals surface area contributed by atoms with E-state index in [9.17, 15) is 19.5 Å². The maximum absolute atomic E-state index is 13.1. The summed E-state index contributed by atoms with van der Waals surface area (Å²) in [5.74, 6) is 8.35. The van der Waals surface area contributed by atoms with E-state index in [0.29, 0.717) is 37.7 Å². The minimum Gasteiger partial charge on any atom is -0.508 e. The number of amides is 3. The standard InChI is InChI=1S/C43H41N3O6/c47-32-15-18-35-39(23-32)52-27-37(30-8-2-1-3-9-30)41(35)31-13-16-33(17-14-31)51-22-21-45-24-28(25-45)7-4-5-10-29-11-6-12-34-36(29)26-46(43(34)50)38-19-20-40(48)44-42(38)49/h1-3,6,8-9,11-18,23,28,37-38,41,47H,4,7,19-22,24-27H2,(H,44,48,49)/t37?,38?,41-/m1/s1. The largest absolute Gasteiger partial charge is 0.508 e. The number of phenols is 1. The first kappa shape index (κ1) is 33.5. The predicted molar refractivity (Wildman–Crippen MR) is 195 cm³/mol. The van der Waals surface area contributed by atoms with Gasteiger partial charge in [-0.1, -0.05) is 66.4 Å². The highest BCUT2D eigenvalue weighted by Crippen LogP contribution is 2.47. The molecular weight excluding hydrogens is 654 g/mol. The van der Waals surface area contributed by atoms with Gasteiger partial charge >= 0.3 is 0 Å². The Morgan fingerprint density at radius 2 is 1.75 bits per heavy atom. The van der Waals surface area contributed by atoms with E-state index in [1.54, 1.807) is 23.1 Å². The minimum atomic E-state index is -0.627. The van der Waals surface area contributed by atoms with Crippen molar-refractivity contribution in [3.63, 3.8) is 0 Å². The predicted octanol–water partition coefficient (Wildman–Crippen LogP) is 5.60. The zero-order chi connectivity index (χ0) is 35.6. The molecule has 4 aromatic carbocycles. The first-order valence-corrected chi connectivity index (χ1v) is 18.1. The van der Waals surface area contributed by atoms with Crippen molar-refractivity contribution in [1.82, 2.24) is 15.1 Å². The smallest absolute Gasteiger partial charge is 0.255 e. The van der Waals surface area contributed by atoms with E-state index in [4.69, 9.17) is 9.47 Å². The number of carbonyl (C=O) groups is 3. The SMILES string of the molecule is O=C1CCC(N2Cc3c(C#CCCC4CN(CCOc5ccc([C@@H]6c7ccc(O)cc7OCC6c6ccccc6)cc5)C4)cccc3C2=O)C(=O)N1. The molecule has 52 heavy (non-hydrogen) atoms. The van der Waals surface area contributed by atoms with Gasteiger partial charge in [0.05, 0.1) is 6.61 Å². The summed E-state index contributed by atoms with van der Waals surface area (Å²) in [7, 11) is 0. The molecule has 9 nitrogen and oxygen atoms in total. The lowest BCUT2D eigenvalue weighted by Crippen LogP contribution is -2.52. The van der Waals surface area contributed by atoms with Gasteiger partial charge in [-0.3, -0.25) is 24.6 Å². The highest BCUT2D eigenvalue weighted by molar-refractivity contribution is 6.05. The molecule has 4 aliphatic rings. The van der Waals surface area contributed by atoms with E-state index < -0.39 is 11.9 Å². The van der Waals surface area contributed by atoms with E-state index in [-0.39, 0.29) is 35.8 Å².